The number of para-hydroxylation sites is 1. The summed E-state index contributed by atoms with van der Waals surface area (Å²) in [6.07, 6.45) is 0. The number of amides is 2. The van der Waals surface area contributed by atoms with Gasteiger partial charge in [-0.25, -0.2) is 8.42 Å². The highest BCUT2D eigenvalue weighted by molar-refractivity contribution is 7.92. The lowest BCUT2D eigenvalue weighted by atomic mass is 10.1. The molecular formula is C26H29N3O5S. The Morgan fingerprint density at radius 3 is 2.17 bits per heavy atom. The molecule has 0 unspecified atom stereocenters. The molecular weight excluding hydrogens is 466 g/mol. The molecule has 0 spiro atoms. The smallest absolute Gasteiger partial charge is 0.264 e. The summed E-state index contributed by atoms with van der Waals surface area (Å²) in [7, 11) is -2.54. The molecule has 8 nitrogen and oxygen atoms in total. The minimum absolute atomic E-state index is 0.0529. The van der Waals surface area contributed by atoms with Crippen molar-refractivity contribution in [1.29, 1.82) is 0 Å². The predicted molar refractivity (Wildman–Crippen MR) is 136 cm³/mol. The number of ether oxygens (including phenoxy) is 1. The van der Waals surface area contributed by atoms with Gasteiger partial charge in [-0.15, -0.1) is 0 Å². The average molecular weight is 496 g/mol. The summed E-state index contributed by atoms with van der Waals surface area (Å²) in [5.41, 5.74) is 0.890. The van der Waals surface area contributed by atoms with Crippen LogP contribution in [0, 0.1) is 5.92 Å². The van der Waals surface area contributed by atoms with Crippen molar-refractivity contribution in [1.82, 2.24) is 5.32 Å². The van der Waals surface area contributed by atoms with Crippen LogP contribution in [0.5, 0.6) is 5.75 Å². The molecule has 35 heavy (non-hydrogen) atoms. The molecule has 0 fully saturated rings. The Morgan fingerprint density at radius 2 is 1.54 bits per heavy atom. The van der Waals surface area contributed by atoms with Crippen LogP contribution in [0.4, 0.5) is 11.4 Å². The molecule has 3 aromatic rings. The number of hydrogen-bond donors (Lipinski definition) is 2. The van der Waals surface area contributed by atoms with Crippen LogP contribution in [0.15, 0.2) is 83.8 Å². The molecule has 0 saturated carbocycles. The third-order valence-electron chi connectivity index (χ3n) is 5.10. The highest BCUT2D eigenvalue weighted by Crippen LogP contribution is 2.26. The summed E-state index contributed by atoms with van der Waals surface area (Å²) in [4.78, 5) is 25.7. The van der Waals surface area contributed by atoms with Crippen LogP contribution in [-0.4, -0.2) is 40.4 Å². The molecule has 0 aliphatic rings. The minimum Gasteiger partial charge on any atom is -0.497 e. The SMILES string of the molecule is COc1ccc(N(CC(=O)Nc2ccccc2C(=O)NCC(C)C)S(=O)(=O)c2ccccc2)cc1. The first-order chi connectivity index (χ1) is 16.7. The minimum atomic E-state index is -4.05. The molecule has 0 aliphatic heterocycles. The van der Waals surface area contributed by atoms with Gasteiger partial charge in [0.25, 0.3) is 15.9 Å². The Bertz CT molecular complexity index is 1260. The first kappa shape index (κ1) is 25.8. The molecule has 2 amide bonds. The van der Waals surface area contributed by atoms with Gasteiger partial charge in [-0.2, -0.15) is 0 Å². The number of rotatable bonds is 10. The molecule has 0 heterocycles. The molecule has 3 aromatic carbocycles. The summed E-state index contributed by atoms with van der Waals surface area (Å²) in [6, 6.07) is 20.9. The zero-order valence-electron chi connectivity index (χ0n) is 19.9. The van der Waals surface area contributed by atoms with E-state index in [0.29, 0.717) is 29.2 Å². The van der Waals surface area contributed by atoms with Gasteiger partial charge in [0, 0.05) is 6.54 Å². The zero-order chi connectivity index (χ0) is 25.4. The Hall–Kier alpha value is -3.85. The first-order valence-electron chi connectivity index (χ1n) is 11.1. The van der Waals surface area contributed by atoms with E-state index in [0.717, 1.165) is 4.31 Å². The van der Waals surface area contributed by atoms with Crippen LogP contribution >= 0.6 is 0 Å². The molecule has 184 valence electrons. The third-order valence-corrected chi connectivity index (χ3v) is 6.88. The van der Waals surface area contributed by atoms with E-state index in [2.05, 4.69) is 10.6 Å². The highest BCUT2D eigenvalue weighted by Gasteiger charge is 2.27. The van der Waals surface area contributed by atoms with E-state index in [1.165, 1.54) is 19.2 Å². The summed E-state index contributed by atoms with van der Waals surface area (Å²) in [6.45, 7) is 3.96. The van der Waals surface area contributed by atoms with E-state index in [1.54, 1.807) is 66.7 Å². The van der Waals surface area contributed by atoms with Crippen molar-refractivity contribution in [2.45, 2.75) is 18.7 Å². The lowest BCUT2D eigenvalue weighted by Crippen LogP contribution is -2.38. The second-order valence-corrected chi connectivity index (χ2v) is 10.1. The second kappa shape index (κ2) is 11.5. The fourth-order valence-corrected chi connectivity index (χ4v) is 4.73. The van der Waals surface area contributed by atoms with E-state index < -0.39 is 22.5 Å². The molecule has 9 heteroatoms. The molecule has 0 radical (unpaired) electrons. The molecule has 2 N–H and O–H groups in total. The van der Waals surface area contributed by atoms with Gasteiger partial charge < -0.3 is 15.4 Å². The first-order valence-corrected chi connectivity index (χ1v) is 12.6. The molecule has 0 bridgehead atoms. The van der Waals surface area contributed by atoms with Gasteiger partial charge in [0.1, 0.15) is 12.3 Å². The summed E-state index contributed by atoms with van der Waals surface area (Å²) in [5.74, 6) is -0.0958. The number of sulfonamides is 1. The standard InChI is InChI=1S/C26H29N3O5S/c1-19(2)17-27-26(31)23-11-7-8-12-24(23)28-25(30)18-29(20-13-15-21(34-3)16-14-20)35(32,33)22-9-5-4-6-10-22/h4-16,19H,17-18H2,1-3H3,(H,27,31)(H,28,30). The summed E-state index contributed by atoms with van der Waals surface area (Å²) < 4.78 is 33.1. The van der Waals surface area contributed by atoms with E-state index >= 15 is 0 Å². The van der Waals surface area contributed by atoms with E-state index in [4.69, 9.17) is 4.74 Å². The second-order valence-electron chi connectivity index (χ2n) is 8.22. The van der Waals surface area contributed by atoms with Crippen LogP contribution in [-0.2, 0) is 14.8 Å². The van der Waals surface area contributed by atoms with Gasteiger partial charge in [0.05, 0.1) is 28.9 Å². The van der Waals surface area contributed by atoms with Crippen LogP contribution < -0.4 is 19.7 Å². The van der Waals surface area contributed by atoms with Crippen molar-refractivity contribution < 1.29 is 22.7 Å². The number of hydrogen-bond acceptors (Lipinski definition) is 5. The van der Waals surface area contributed by atoms with Crippen molar-refractivity contribution in [3.05, 3.63) is 84.4 Å². The van der Waals surface area contributed by atoms with Crippen molar-refractivity contribution in [3.8, 4) is 5.75 Å². The predicted octanol–water partition coefficient (Wildman–Crippen LogP) is 3.92. The topological polar surface area (TPSA) is 105 Å². The summed E-state index contributed by atoms with van der Waals surface area (Å²) >= 11 is 0. The molecule has 0 saturated heterocycles. The number of anilines is 2. The number of methoxy groups -OCH3 is 1. The van der Waals surface area contributed by atoms with Crippen LogP contribution in [0.25, 0.3) is 0 Å². The highest BCUT2D eigenvalue weighted by atomic mass is 32.2. The maximum Gasteiger partial charge on any atom is 0.264 e. The number of nitrogens with one attached hydrogen (secondary N) is 2. The number of carbonyl (C=O) groups is 2. The lowest BCUT2D eigenvalue weighted by Gasteiger charge is -2.24. The van der Waals surface area contributed by atoms with Crippen molar-refractivity contribution in [2.24, 2.45) is 5.92 Å². The van der Waals surface area contributed by atoms with Crippen molar-refractivity contribution in [3.63, 3.8) is 0 Å². The van der Waals surface area contributed by atoms with Gasteiger partial charge in [-0.3, -0.25) is 13.9 Å². The van der Waals surface area contributed by atoms with Crippen LogP contribution in [0.2, 0.25) is 0 Å². The van der Waals surface area contributed by atoms with Gasteiger partial charge >= 0.3 is 0 Å². The number of carbonyl (C=O) groups excluding carboxylic acids is 2. The maximum atomic E-state index is 13.4. The fraction of sp³-hybridized carbons (Fsp3) is 0.231. The normalized spacial score (nSPS) is 11.1. The monoisotopic (exact) mass is 495 g/mol. The fourth-order valence-electron chi connectivity index (χ4n) is 3.29. The van der Waals surface area contributed by atoms with E-state index in [-0.39, 0.29) is 16.7 Å². The van der Waals surface area contributed by atoms with Gasteiger partial charge in [-0.1, -0.05) is 44.2 Å². The lowest BCUT2D eigenvalue weighted by molar-refractivity contribution is -0.114. The number of nitrogens with zero attached hydrogens (tertiary/aromatic N) is 1. The number of benzene rings is 3. The Labute approximate surface area is 206 Å². The third kappa shape index (κ3) is 6.60. The van der Waals surface area contributed by atoms with E-state index in [9.17, 15) is 18.0 Å². The van der Waals surface area contributed by atoms with Gasteiger partial charge in [0.2, 0.25) is 5.91 Å². The molecule has 3 rings (SSSR count). The van der Waals surface area contributed by atoms with E-state index in [1.807, 2.05) is 13.8 Å². The Balaban J connectivity index is 1.89. The Morgan fingerprint density at radius 1 is 0.914 bits per heavy atom. The average Bonchev–Trinajstić information content (AvgIpc) is 2.86. The quantitative estimate of drug-likeness (QED) is 0.444. The maximum absolute atomic E-state index is 13.4. The molecule has 0 atom stereocenters. The van der Waals surface area contributed by atoms with Gasteiger partial charge in [-0.05, 0) is 54.4 Å². The van der Waals surface area contributed by atoms with Crippen molar-refractivity contribution >= 4 is 33.2 Å². The van der Waals surface area contributed by atoms with Crippen LogP contribution in [0.1, 0.15) is 24.2 Å². The van der Waals surface area contributed by atoms with Gasteiger partial charge in [0.15, 0.2) is 0 Å². The van der Waals surface area contributed by atoms with Crippen molar-refractivity contribution in [2.75, 3.05) is 29.8 Å². The molecule has 0 aromatic heterocycles. The Kier molecular flexibility index (Phi) is 8.48. The summed E-state index contributed by atoms with van der Waals surface area (Å²) in [5, 5.41) is 5.52. The molecule has 0 aliphatic carbocycles. The van der Waals surface area contributed by atoms with Crippen LogP contribution in [0.3, 0.4) is 0 Å². The zero-order valence-corrected chi connectivity index (χ0v) is 20.7. The largest absolute Gasteiger partial charge is 0.497 e.